The maximum Gasteiger partial charge on any atom is 0.303 e. The predicted octanol–water partition coefficient (Wildman–Crippen LogP) is 4.41. The minimum atomic E-state index is -0.744. The summed E-state index contributed by atoms with van der Waals surface area (Å²) in [6.45, 7) is 2.76. The lowest BCUT2D eigenvalue weighted by molar-refractivity contribution is -0.138. The molecule has 0 spiro atoms. The lowest BCUT2D eigenvalue weighted by atomic mass is 10.1. The number of ether oxygens (including phenoxy) is 1. The van der Waals surface area contributed by atoms with Crippen molar-refractivity contribution in [2.24, 2.45) is 0 Å². The van der Waals surface area contributed by atoms with Crippen LogP contribution in [0.3, 0.4) is 0 Å². The van der Waals surface area contributed by atoms with Crippen LogP contribution in [0, 0.1) is 0 Å². The fourth-order valence-electron chi connectivity index (χ4n) is 2.18. The van der Waals surface area contributed by atoms with Crippen molar-refractivity contribution in [3.05, 3.63) is 35.9 Å². The molecule has 1 rings (SSSR count). The molecule has 0 saturated carbocycles. The normalized spacial score (nSPS) is 12.2. The van der Waals surface area contributed by atoms with Crippen molar-refractivity contribution < 1.29 is 14.6 Å². The van der Waals surface area contributed by atoms with Gasteiger partial charge in [0.25, 0.3) is 0 Å². The summed E-state index contributed by atoms with van der Waals surface area (Å²) in [7, 11) is 0. The van der Waals surface area contributed by atoms with E-state index in [0.29, 0.717) is 13.0 Å². The van der Waals surface area contributed by atoms with E-state index in [0.717, 1.165) is 18.4 Å². The highest BCUT2D eigenvalue weighted by Crippen LogP contribution is 2.15. The number of carboxylic acids is 1. The van der Waals surface area contributed by atoms with Crippen molar-refractivity contribution >= 4 is 5.97 Å². The van der Waals surface area contributed by atoms with Gasteiger partial charge in [-0.15, -0.1) is 0 Å². The molecule has 0 aliphatic carbocycles. The fourth-order valence-corrected chi connectivity index (χ4v) is 2.18. The van der Waals surface area contributed by atoms with Gasteiger partial charge in [0, 0.05) is 6.42 Å². The number of hydrogen-bond donors (Lipinski definition) is 1. The lowest BCUT2D eigenvalue weighted by Crippen LogP contribution is -2.15. The number of aliphatic carboxylic acids is 1. The van der Waals surface area contributed by atoms with Crippen LogP contribution < -0.4 is 0 Å². The summed E-state index contributed by atoms with van der Waals surface area (Å²) >= 11 is 0. The van der Waals surface area contributed by atoms with Crippen molar-refractivity contribution in [1.82, 2.24) is 0 Å². The second-order valence-corrected chi connectivity index (χ2v) is 5.20. The summed E-state index contributed by atoms with van der Waals surface area (Å²) in [5, 5.41) is 8.80. The Bertz CT molecular complexity index is 362. The summed E-state index contributed by atoms with van der Waals surface area (Å²) in [6, 6.07) is 10.0. The Labute approximate surface area is 122 Å². The molecule has 0 saturated heterocycles. The minimum absolute atomic E-state index is 0.0585. The number of rotatable bonds is 11. The van der Waals surface area contributed by atoms with Gasteiger partial charge < -0.3 is 9.84 Å². The average Bonchev–Trinajstić information content (AvgIpc) is 2.46. The third-order valence-electron chi connectivity index (χ3n) is 3.39. The number of carbonyl (C=O) groups is 1. The van der Waals surface area contributed by atoms with Crippen LogP contribution in [0.15, 0.2) is 30.3 Å². The largest absolute Gasteiger partial charge is 0.481 e. The molecule has 0 amide bonds. The zero-order chi connectivity index (χ0) is 14.6. The molecule has 3 nitrogen and oxygen atoms in total. The van der Waals surface area contributed by atoms with Gasteiger partial charge in [-0.05, 0) is 18.4 Å². The van der Waals surface area contributed by atoms with Gasteiger partial charge in [0.15, 0.2) is 0 Å². The van der Waals surface area contributed by atoms with E-state index >= 15 is 0 Å². The first-order valence-corrected chi connectivity index (χ1v) is 7.59. The Morgan fingerprint density at radius 1 is 1.15 bits per heavy atom. The summed E-state index contributed by atoms with van der Waals surface area (Å²) in [6.07, 6.45) is 6.58. The molecule has 1 atom stereocenters. The van der Waals surface area contributed by atoms with Crippen LogP contribution in [0.1, 0.15) is 57.4 Å². The first-order valence-electron chi connectivity index (χ1n) is 7.59. The topological polar surface area (TPSA) is 46.5 Å². The highest BCUT2D eigenvalue weighted by atomic mass is 16.5. The molecule has 0 fully saturated rings. The number of carboxylic acid groups (broad SMARTS) is 1. The molecule has 1 unspecified atom stereocenters. The number of hydrogen-bond acceptors (Lipinski definition) is 2. The molecular formula is C17H26O3. The smallest absolute Gasteiger partial charge is 0.303 e. The lowest BCUT2D eigenvalue weighted by Gasteiger charge is -2.17. The Hall–Kier alpha value is -1.35. The van der Waals surface area contributed by atoms with E-state index in [1.54, 1.807) is 0 Å². The zero-order valence-corrected chi connectivity index (χ0v) is 12.4. The maximum atomic E-state index is 10.7. The van der Waals surface area contributed by atoms with E-state index in [2.05, 4.69) is 6.92 Å². The van der Waals surface area contributed by atoms with Crippen molar-refractivity contribution in [2.75, 3.05) is 0 Å². The van der Waals surface area contributed by atoms with Gasteiger partial charge in [-0.25, -0.2) is 0 Å². The third-order valence-corrected chi connectivity index (χ3v) is 3.39. The van der Waals surface area contributed by atoms with Crippen LogP contribution in [0.5, 0.6) is 0 Å². The van der Waals surface area contributed by atoms with Gasteiger partial charge in [0.05, 0.1) is 12.7 Å². The van der Waals surface area contributed by atoms with E-state index in [9.17, 15) is 4.79 Å². The van der Waals surface area contributed by atoms with Crippen LogP contribution in [0.25, 0.3) is 0 Å². The molecule has 0 aliphatic heterocycles. The van der Waals surface area contributed by atoms with E-state index < -0.39 is 5.97 Å². The Kier molecular flexibility index (Phi) is 8.72. The van der Waals surface area contributed by atoms with Crippen molar-refractivity contribution in [3.63, 3.8) is 0 Å². The second kappa shape index (κ2) is 10.4. The van der Waals surface area contributed by atoms with Crippen LogP contribution in [-0.2, 0) is 16.1 Å². The van der Waals surface area contributed by atoms with Gasteiger partial charge in [0.2, 0.25) is 0 Å². The summed E-state index contributed by atoms with van der Waals surface area (Å²) in [5.41, 5.74) is 1.14. The molecule has 0 aromatic heterocycles. The van der Waals surface area contributed by atoms with Gasteiger partial charge in [-0.3, -0.25) is 4.79 Å². The van der Waals surface area contributed by atoms with Crippen LogP contribution in [0.2, 0.25) is 0 Å². The van der Waals surface area contributed by atoms with Crippen molar-refractivity contribution in [2.45, 2.75) is 64.6 Å². The number of unbranched alkanes of at least 4 members (excludes halogenated alkanes) is 3. The fraction of sp³-hybridized carbons (Fsp3) is 0.588. The minimum Gasteiger partial charge on any atom is -0.481 e. The molecule has 0 radical (unpaired) electrons. The molecule has 20 heavy (non-hydrogen) atoms. The van der Waals surface area contributed by atoms with Crippen molar-refractivity contribution in [3.8, 4) is 0 Å². The highest BCUT2D eigenvalue weighted by molar-refractivity contribution is 5.66. The molecule has 112 valence electrons. The van der Waals surface area contributed by atoms with E-state index in [-0.39, 0.29) is 12.5 Å². The average molecular weight is 278 g/mol. The van der Waals surface area contributed by atoms with Gasteiger partial charge in [-0.1, -0.05) is 62.9 Å². The summed E-state index contributed by atoms with van der Waals surface area (Å²) < 4.78 is 5.90. The quantitative estimate of drug-likeness (QED) is 0.610. The molecule has 0 bridgehead atoms. The van der Waals surface area contributed by atoms with Crippen LogP contribution in [0.4, 0.5) is 0 Å². The first kappa shape index (κ1) is 16.7. The molecule has 0 heterocycles. The highest BCUT2D eigenvalue weighted by Gasteiger charge is 2.11. The second-order valence-electron chi connectivity index (χ2n) is 5.20. The maximum absolute atomic E-state index is 10.7. The third kappa shape index (κ3) is 7.95. The van der Waals surface area contributed by atoms with E-state index in [4.69, 9.17) is 9.84 Å². The monoisotopic (exact) mass is 278 g/mol. The molecule has 1 N–H and O–H groups in total. The standard InChI is InChI=1S/C17H26O3/c1-2-3-4-8-11-16(12-13-17(18)19)20-14-15-9-6-5-7-10-15/h5-7,9-10,16H,2-4,8,11-14H2,1H3,(H,18,19). The summed E-state index contributed by atoms with van der Waals surface area (Å²) in [5.74, 6) is -0.744. The van der Waals surface area contributed by atoms with Gasteiger partial charge in [-0.2, -0.15) is 0 Å². The number of benzene rings is 1. The molecule has 1 aromatic rings. The predicted molar refractivity (Wildman–Crippen MR) is 80.6 cm³/mol. The summed E-state index contributed by atoms with van der Waals surface area (Å²) in [4.78, 5) is 10.7. The van der Waals surface area contributed by atoms with Gasteiger partial charge >= 0.3 is 5.97 Å². The molecule has 1 aromatic carbocycles. The Morgan fingerprint density at radius 2 is 1.90 bits per heavy atom. The molecule has 0 aliphatic rings. The molecular weight excluding hydrogens is 252 g/mol. The molecule has 3 heteroatoms. The SMILES string of the molecule is CCCCCCC(CCC(=O)O)OCc1ccccc1. The van der Waals surface area contributed by atoms with Crippen LogP contribution >= 0.6 is 0 Å². The van der Waals surface area contributed by atoms with E-state index in [1.165, 1.54) is 19.3 Å². The van der Waals surface area contributed by atoms with Crippen molar-refractivity contribution in [1.29, 1.82) is 0 Å². The Balaban J connectivity index is 2.34. The Morgan fingerprint density at radius 3 is 2.55 bits per heavy atom. The van der Waals surface area contributed by atoms with E-state index in [1.807, 2.05) is 30.3 Å². The van der Waals surface area contributed by atoms with Crippen LogP contribution in [-0.4, -0.2) is 17.2 Å². The zero-order valence-electron chi connectivity index (χ0n) is 12.4. The first-order chi connectivity index (χ1) is 9.72. The van der Waals surface area contributed by atoms with Gasteiger partial charge in [0.1, 0.15) is 0 Å².